The van der Waals surface area contributed by atoms with Gasteiger partial charge in [-0.05, 0) is 150 Å². The van der Waals surface area contributed by atoms with Gasteiger partial charge in [-0.25, -0.2) is 0 Å². The monoisotopic (exact) mass is 866 g/mol. The minimum Gasteiger partial charge on any atom is -0.310 e. The Bertz CT molecular complexity index is 3440. The molecule has 0 radical (unpaired) electrons. The van der Waals surface area contributed by atoms with E-state index in [1.54, 1.807) is 0 Å². The second kappa shape index (κ2) is 16.6. The molecule has 0 amide bonds. The van der Waals surface area contributed by atoms with Crippen LogP contribution in [0.1, 0.15) is 22.3 Å². The van der Waals surface area contributed by atoms with Gasteiger partial charge in [-0.2, -0.15) is 0 Å². The van der Waals surface area contributed by atoms with Crippen LogP contribution in [0.15, 0.2) is 255 Å². The molecule has 2 aliphatic heterocycles. The summed E-state index contributed by atoms with van der Waals surface area (Å²) < 4.78 is 0. The van der Waals surface area contributed by atoms with Crippen molar-refractivity contribution in [3.8, 4) is 55.6 Å². The van der Waals surface area contributed by atoms with Gasteiger partial charge in [0.25, 0.3) is 0 Å². The first kappa shape index (κ1) is 39.6. The maximum atomic E-state index is 2.56. The number of hydrogen-bond acceptors (Lipinski definition) is 2. The van der Waals surface area contributed by atoms with E-state index in [0.717, 1.165) is 29.9 Å². The van der Waals surface area contributed by atoms with E-state index in [0.29, 0.717) is 0 Å². The highest BCUT2D eigenvalue weighted by Crippen LogP contribution is 2.53. The summed E-state index contributed by atoms with van der Waals surface area (Å²) in [6.07, 6.45) is 1.73. The first-order valence-electron chi connectivity index (χ1n) is 23.7. The molecule has 0 bridgehead atoms. The van der Waals surface area contributed by atoms with Crippen LogP contribution in [0.3, 0.4) is 0 Å². The van der Waals surface area contributed by atoms with Gasteiger partial charge >= 0.3 is 0 Å². The summed E-state index contributed by atoms with van der Waals surface area (Å²) in [7, 11) is 0. The van der Waals surface area contributed by atoms with E-state index in [2.05, 4.69) is 265 Å². The normalized spacial score (nSPS) is 12.3. The highest BCUT2D eigenvalue weighted by atomic mass is 15.2. The molecule has 0 aliphatic carbocycles. The molecule has 0 atom stereocenters. The van der Waals surface area contributed by atoms with E-state index in [1.165, 1.54) is 106 Å². The van der Waals surface area contributed by atoms with Gasteiger partial charge in [-0.3, -0.25) is 0 Å². The Kier molecular flexibility index (Phi) is 9.68. The predicted molar refractivity (Wildman–Crippen MR) is 286 cm³/mol. The van der Waals surface area contributed by atoms with Crippen LogP contribution >= 0.6 is 0 Å². The van der Waals surface area contributed by atoms with Crippen LogP contribution < -0.4 is 9.80 Å². The van der Waals surface area contributed by atoms with E-state index in [-0.39, 0.29) is 0 Å². The van der Waals surface area contributed by atoms with Gasteiger partial charge in [0.05, 0.1) is 11.4 Å². The van der Waals surface area contributed by atoms with Crippen molar-refractivity contribution in [2.24, 2.45) is 0 Å². The second-order valence-electron chi connectivity index (χ2n) is 18.1. The fourth-order valence-corrected chi connectivity index (χ4v) is 10.8. The van der Waals surface area contributed by atoms with Gasteiger partial charge in [0.1, 0.15) is 0 Å². The van der Waals surface area contributed by atoms with Gasteiger partial charge in [-0.1, -0.05) is 188 Å². The molecule has 0 saturated carbocycles. The average molecular weight is 867 g/mol. The number of nitrogens with zero attached hydrogens (tertiary/aromatic N) is 2. The van der Waals surface area contributed by atoms with Crippen LogP contribution in [0, 0.1) is 0 Å². The zero-order valence-electron chi connectivity index (χ0n) is 37.6. The molecule has 0 fully saturated rings. The fourth-order valence-electron chi connectivity index (χ4n) is 10.8. The molecule has 68 heavy (non-hydrogen) atoms. The first-order chi connectivity index (χ1) is 33.7. The standard InChI is InChI=1S/C66H46N2/c1-5-15-45(16-6-1)49-27-33-58(34-28-49)67(59-35-29-50(30-36-59)46-17-7-2-8-18-46)65-26-14-24-61-60(23-13-25-62(61)65)53-41-56-43-54-39-51(47-19-9-3-10-20-47)31-37-63(54)68-64-38-32-52(48-21-11-4-12-22-48)40-55(64)44-57(42-53)66(56)68/h1-42H,43-44H2. The molecule has 320 valence electrons. The summed E-state index contributed by atoms with van der Waals surface area (Å²) in [5.41, 5.74) is 24.9. The molecule has 2 heterocycles. The third-order valence-electron chi connectivity index (χ3n) is 14.0. The second-order valence-corrected chi connectivity index (χ2v) is 18.1. The quantitative estimate of drug-likeness (QED) is 0.150. The summed E-state index contributed by atoms with van der Waals surface area (Å²) in [4.78, 5) is 4.98. The third-order valence-corrected chi connectivity index (χ3v) is 14.0. The molecular weight excluding hydrogens is 821 g/mol. The lowest BCUT2D eigenvalue weighted by atomic mass is 9.82. The molecule has 0 aromatic heterocycles. The predicted octanol–water partition coefficient (Wildman–Crippen LogP) is 17.9. The number of benzene rings is 11. The van der Waals surface area contributed by atoms with Crippen molar-refractivity contribution in [1.82, 2.24) is 0 Å². The smallest absolute Gasteiger partial charge is 0.0540 e. The van der Waals surface area contributed by atoms with E-state index in [9.17, 15) is 0 Å². The summed E-state index contributed by atoms with van der Waals surface area (Å²) in [5, 5.41) is 2.43. The number of hydrogen-bond donors (Lipinski definition) is 0. The molecule has 11 aromatic rings. The van der Waals surface area contributed by atoms with Gasteiger partial charge in [0, 0.05) is 41.0 Å². The van der Waals surface area contributed by atoms with Crippen LogP contribution in [-0.2, 0) is 12.8 Å². The molecule has 0 spiro atoms. The molecule has 2 nitrogen and oxygen atoms in total. The molecule has 2 aliphatic rings. The molecule has 0 unspecified atom stereocenters. The lowest BCUT2D eigenvalue weighted by Crippen LogP contribution is -2.25. The van der Waals surface area contributed by atoms with Gasteiger partial charge < -0.3 is 9.80 Å². The number of fused-ring (bicyclic) bond motifs is 5. The zero-order valence-corrected chi connectivity index (χ0v) is 37.6. The SMILES string of the molecule is c1ccc(-c2ccc(N(c3ccc(-c4ccccc4)cc3)c3cccc4c(-c5cc6c7c(c5)Cc5cc(-c8ccccc8)ccc5N7c5ccc(-c7ccccc7)cc5C6)cccc34)cc2)cc1. The Balaban J connectivity index is 0.958. The highest BCUT2D eigenvalue weighted by Gasteiger charge is 2.33. The molecule has 0 N–H and O–H groups in total. The number of rotatable bonds is 8. The Morgan fingerprint density at radius 1 is 0.279 bits per heavy atom. The lowest BCUT2D eigenvalue weighted by molar-refractivity contribution is 1.01. The summed E-state index contributed by atoms with van der Waals surface area (Å²) >= 11 is 0. The van der Waals surface area contributed by atoms with E-state index >= 15 is 0 Å². The first-order valence-corrected chi connectivity index (χ1v) is 23.7. The zero-order chi connectivity index (χ0) is 45.0. The maximum Gasteiger partial charge on any atom is 0.0540 e. The van der Waals surface area contributed by atoms with Crippen molar-refractivity contribution in [2.75, 3.05) is 9.80 Å². The lowest BCUT2D eigenvalue weighted by Gasteiger charge is -2.40. The van der Waals surface area contributed by atoms with Crippen LogP contribution in [0.4, 0.5) is 34.1 Å². The minimum absolute atomic E-state index is 0.863. The van der Waals surface area contributed by atoms with Gasteiger partial charge in [0.15, 0.2) is 0 Å². The average Bonchev–Trinajstić information content (AvgIpc) is 3.41. The molecule has 2 heteroatoms. The van der Waals surface area contributed by atoms with Crippen molar-refractivity contribution in [1.29, 1.82) is 0 Å². The van der Waals surface area contributed by atoms with E-state index < -0.39 is 0 Å². The van der Waals surface area contributed by atoms with Crippen molar-refractivity contribution in [3.05, 3.63) is 277 Å². The Morgan fingerprint density at radius 3 is 1.13 bits per heavy atom. The summed E-state index contributed by atoms with van der Waals surface area (Å²) in [6.45, 7) is 0. The Morgan fingerprint density at radius 2 is 0.662 bits per heavy atom. The summed E-state index contributed by atoms with van der Waals surface area (Å²) in [6, 6.07) is 93.6. The minimum atomic E-state index is 0.863. The highest BCUT2D eigenvalue weighted by molar-refractivity contribution is 6.06. The molecular formula is C66H46N2. The Hall–Kier alpha value is -8.72. The topological polar surface area (TPSA) is 6.48 Å². The largest absolute Gasteiger partial charge is 0.310 e. The summed E-state index contributed by atoms with van der Waals surface area (Å²) in [5.74, 6) is 0. The molecule has 0 saturated heterocycles. The van der Waals surface area contributed by atoms with E-state index in [1.807, 2.05) is 0 Å². The maximum absolute atomic E-state index is 2.56. The molecule has 11 aromatic carbocycles. The van der Waals surface area contributed by atoms with Crippen LogP contribution in [0.25, 0.3) is 66.4 Å². The Labute approximate surface area is 398 Å². The third kappa shape index (κ3) is 6.98. The number of anilines is 6. The van der Waals surface area contributed by atoms with Crippen molar-refractivity contribution in [2.45, 2.75) is 12.8 Å². The van der Waals surface area contributed by atoms with Crippen LogP contribution in [0.2, 0.25) is 0 Å². The van der Waals surface area contributed by atoms with E-state index in [4.69, 9.17) is 0 Å². The van der Waals surface area contributed by atoms with Crippen molar-refractivity contribution >= 4 is 44.9 Å². The van der Waals surface area contributed by atoms with Crippen molar-refractivity contribution < 1.29 is 0 Å². The van der Waals surface area contributed by atoms with Gasteiger partial charge in [-0.15, -0.1) is 0 Å². The van der Waals surface area contributed by atoms with Crippen LogP contribution in [0.5, 0.6) is 0 Å². The fraction of sp³-hybridized carbons (Fsp3) is 0.0303. The van der Waals surface area contributed by atoms with Crippen molar-refractivity contribution in [3.63, 3.8) is 0 Å². The molecule has 13 rings (SSSR count). The van der Waals surface area contributed by atoms with Crippen LogP contribution in [-0.4, -0.2) is 0 Å². The van der Waals surface area contributed by atoms with Gasteiger partial charge in [0.2, 0.25) is 0 Å².